The molecule has 0 bridgehead atoms. The molecule has 1 unspecified atom stereocenters. The van der Waals surface area contributed by atoms with E-state index in [2.05, 4.69) is 10.3 Å². The molecule has 2 N–H and O–H groups in total. The molecule has 3 nitrogen and oxygen atoms in total. The molecule has 1 aromatic rings. The Morgan fingerprint density at radius 1 is 1.69 bits per heavy atom. The number of aliphatic hydroxyl groups excluding tert-OH is 1. The summed E-state index contributed by atoms with van der Waals surface area (Å²) in [4.78, 5) is 3.95. The number of aromatic nitrogens is 1. The molecular formula is C9H13ClN2O. The second-order valence-electron chi connectivity index (χ2n) is 2.92. The molecule has 1 atom stereocenters. The summed E-state index contributed by atoms with van der Waals surface area (Å²) in [5.41, 5.74) is 0.949. The van der Waals surface area contributed by atoms with Gasteiger partial charge in [-0.05, 0) is 13.0 Å². The van der Waals surface area contributed by atoms with Crippen LogP contribution in [0.15, 0.2) is 18.3 Å². The van der Waals surface area contributed by atoms with E-state index < -0.39 is 0 Å². The van der Waals surface area contributed by atoms with Crippen LogP contribution in [0.2, 0.25) is 5.15 Å². The fraction of sp³-hybridized carbons (Fsp3) is 0.444. The topological polar surface area (TPSA) is 45.1 Å². The Morgan fingerprint density at radius 2 is 2.46 bits per heavy atom. The van der Waals surface area contributed by atoms with E-state index in [0.29, 0.717) is 11.7 Å². The molecule has 0 amide bonds. The van der Waals surface area contributed by atoms with Crippen molar-refractivity contribution in [3.8, 4) is 0 Å². The van der Waals surface area contributed by atoms with Gasteiger partial charge in [0.1, 0.15) is 5.15 Å². The van der Waals surface area contributed by atoms with Crippen molar-refractivity contribution in [2.75, 3.05) is 6.61 Å². The lowest BCUT2D eigenvalue weighted by Crippen LogP contribution is -2.28. The minimum Gasteiger partial charge on any atom is -0.395 e. The molecule has 0 aliphatic heterocycles. The van der Waals surface area contributed by atoms with Gasteiger partial charge < -0.3 is 10.4 Å². The van der Waals surface area contributed by atoms with Gasteiger partial charge in [-0.1, -0.05) is 17.7 Å². The number of nitrogens with zero attached hydrogens (tertiary/aromatic N) is 1. The van der Waals surface area contributed by atoms with Crippen LogP contribution in [0.5, 0.6) is 0 Å². The van der Waals surface area contributed by atoms with Crippen LogP contribution in [0.1, 0.15) is 12.5 Å². The highest BCUT2D eigenvalue weighted by Crippen LogP contribution is 2.10. The molecule has 72 valence electrons. The second kappa shape index (κ2) is 5.17. The molecular weight excluding hydrogens is 188 g/mol. The van der Waals surface area contributed by atoms with E-state index >= 15 is 0 Å². The van der Waals surface area contributed by atoms with Crippen molar-refractivity contribution in [3.63, 3.8) is 0 Å². The van der Waals surface area contributed by atoms with Crippen LogP contribution < -0.4 is 5.32 Å². The van der Waals surface area contributed by atoms with E-state index in [4.69, 9.17) is 16.7 Å². The molecule has 0 aromatic carbocycles. The van der Waals surface area contributed by atoms with E-state index in [1.165, 1.54) is 0 Å². The summed E-state index contributed by atoms with van der Waals surface area (Å²) in [6, 6.07) is 3.83. The van der Waals surface area contributed by atoms with Gasteiger partial charge in [0.25, 0.3) is 0 Å². The van der Waals surface area contributed by atoms with Gasteiger partial charge >= 0.3 is 0 Å². The molecule has 4 heteroatoms. The number of aliphatic hydroxyl groups is 1. The lowest BCUT2D eigenvalue weighted by atomic mass is 10.2. The van der Waals surface area contributed by atoms with Crippen molar-refractivity contribution >= 4 is 11.6 Å². The average Bonchev–Trinajstić information content (AvgIpc) is 2.16. The molecule has 0 radical (unpaired) electrons. The van der Waals surface area contributed by atoms with Crippen molar-refractivity contribution in [3.05, 3.63) is 29.0 Å². The fourth-order valence-corrected chi connectivity index (χ4v) is 1.09. The van der Waals surface area contributed by atoms with E-state index in [1.54, 1.807) is 6.20 Å². The first-order valence-electron chi connectivity index (χ1n) is 4.17. The molecule has 0 fully saturated rings. The normalized spacial score (nSPS) is 12.8. The third kappa shape index (κ3) is 3.30. The standard InChI is InChI=1S/C9H13ClN2O/c1-7(6-13)12-5-8-3-2-4-11-9(8)10/h2-4,7,12-13H,5-6H2,1H3. The van der Waals surface area contributed by atoms with Crippen molar-refractivity contribution in [2.24, 2.45) is 0 Å². The van der Waals surface area contributed by atoms with Gasteiger partial charge in [0, 0.05) is 24.3 Å². The quantitative estimate of drug-likeness (QED) is 0.719. The molecule has 0 saturated carbocycles. The number of rotatable bonds is 4. The molecule has 0 aliphatic carbocycles. The predicted octanol–water partition coefficient (Wildman–Crippen LogP) is 1.21. The van der Waals surface area contributed by atoms with Crippen molar-refractivity contribution in [2.45, 2.75) is 19.5 Å². The van der Waals surface area contributed by atoms with E-state index in [9.17, 15) is 0 Å². The summed E-state index contributed by atoms with van der Waals surface area (Å²) >= 11 is 5.84. The van der Waals surface area contributed by atoms with Gasteiger partial charge in [0.15, 0.2) is 0 Å². The zero-order valence-electron chi connectivity index (χ0n) is 7.50. The van der Waals surface area contributed by atoms with Gasteiger partial charge in [-0.3, -0.25) is 0 Å². The van der Waals surface area contributed by atoms with Crippen molar-refractivity contribution in [1.82, 2.24) is 10.3 Å². The van der Waals surface area contributed by atoms with Gasteiger partial charge in [0.05, 0.1) is 6.61 Å². The highest BCUT2D eigenvalue weighted by atomic mass is 35.5. The Hall–Kier alpha value is -0.640. The van der Waals surface area contributed by atoms with Gasteiger partial charge in [-0.25, -0.2) is 4.98 Å². The summed E-state index contributed by atoms with van der Waals surface area (Å²) in [5.74, 6) is 0. The number of pyridine rings is 1. The third-order valence-corrected chi connectivity index (χ3v) is 2.09. The van der Waals surface area contributed by atoms with E-state index in [-0.39, 0.29) is 12.6 Å². The van der Waals surface area contributed by atoms with Gasteiger partial charge in [-0.15, -0.1) is 0 Å². The van der Waals surface area contributed by atoms with Crippen LogP contribution in [0.3, 0.4) is 0 Å². The van der Waals surface area contributed by atoms with Gasteiger partial charge in [-0.2, -0.15) is 0 Å². The van der Waals surface area contributed by atoms with Crippen LogP contribution in [0, 0.1) is 0 Å². The largest absolute Gasteiger partial charge is 0.395 e. The second-order valence-corrected chi connectivity index (χ2v) is 3.28. The summed E-state index contributed by atoms with van der Waals surface area (Å²) in [6.45, 7) is 2.66. The van der Waals surface area contributed by atoms with Crippen LogP contribution >= 0.6 is 11.6 Å². The molecule has 0 spiro atoms. The van der Waals surface area contributed by atoms with Crippen molar-refractivity contribution < 1.29 is 5.11 Å². The van der Waals surface area contributed by atoms with E-state index in [1.807, 2.05) is 19.1 Å². The predicted molar refractivity (Wildman–Crippen MR) is 52.6 cm³/mol. The highest BCUT2D eigenvalue weighted by molar-refractivity contribution is 6.30. The maximum Gasteiger partial charge on any atom is 0.133 e. The summed E-state index contributed by atoms with van der Waals surface area (Å²) in [6.07, 6.45) is 1.65. The average molecular weight is 201 g/mol. The SMILES string of the molecule is CC(CO)NCc1cccnc1Cl. The van der Waals surface area contributed by atoms with Crippen LogP contribution in [-0.4, -0.2) is 22.7 Å². The Morgan fingerprint density at radius 3 is 3.08 bits per heavy atom. The first-order chi connectivity index (χ1) is 6.24. The Kier molecular flexibility index (Phi) is 4.15. The lowest BCUT2D eigenvalue weighted by Gasteiger charge is -2.10. The molecule has 1 aromatic heterocycles. The molecule has 1 heterocycles. The van der Waals surface area contributed by atoms with Gasteiger partial charge in [0.2, 0.25) is 0 Å². The van der Waals surface area contributed by atoms with Crippen LogP contribution in [0.25, 0.3) is 0 Å². The van der Waals surface area contributed by atoms with Crippen LogP contribution in [0.4, 0.5) is 0 Å². The molecule has 1 rings (SSSR count). The third-order valence-electron chi connectivity index (χ3n) is 1.75. The number of nitrogens with one attached hydrogen (secondary N) is 1. The van der Waals surface area contributed by atoms with Crippen molar-refractivity contribution in [1.29, 1.82) is 0 Å². The first kappa shape index (κ1) is 10.4. The Balaban J connectivity index is 2.50. The maximum atomic E-state index is 8.77. The monoisotopic (exact) mass is 200 g/mol. The summed E-state index contributed by atoms with van der Waals surface area (Å²) in [7, 11) is 0. The zero-order chi connectivity index (χ0) is 9.68. The fourth-order valence-electron chi connectivity index (χ4n) is 0.900. The maximum absolute atomic E-state index is 8.77. The van der Waals surface area contributed by atoms with E-state index in [0.717, 1.165) is 5.56 Å². The first-order valence-corrected chi connectivity index (χ1v) is 4.55. The summed E-state index contributed by atoms with van der Waals surface area (Å²) < 4.78 is 0. The molecule has 0 saturated heterocycles. The lowest BCUT2D eigenvalue weighted by molar-refractivity contribution is 0.251. The zero-order valence-corrected chi connectivity index (χ0v) is 8.25. The highest BCUT2D eigenvalue weighted by Gasteiger charge is 2.02. The van der Waals surface area contributed by atoms with Crippen LogP contribution in [-0.2, 0) is 6.54 Å². The number of halogens is 1. The minimum absolute atomic E-state index is 0.0799. The number of hydrogen-bond donors (Lipinski definition) is 2. The molecule has 0 aliphatic rings. The Labute approximate surface area is 82.8 Å². The minimum atomic E-state index is 0.0799. The number of hydrogen-bond acceptors (Lipinski definition) is 3. The molecule has 13 heavy (non-hydrogen) atoms. The Bertz CT molecular complexity index is 268. The smallest absolute Gasteiger partial charge is 0.133 e. The summed E-state index contributed by atoms with van der Waals surface area (Å²) in [5, 5.41) is 12.4.